The van der Waals surface area contributed by atoms with E-state index >= 15 is 0 Å². The van der Waals surface area contributed by atoms with E-state index in [4.69, 9.17) is 0 Å². The molecular weight excluding hydrogens is 392 g/mol. The third-order valence-electron chi connectivity index (χ3n) is 5.18. The number of hydrogen-bond acceptors (Lipinski definition) is 6. The fourth-order valence-corrected chi connectivity index (χ4v) is 3.83. The third-order valence-corrected chi connectivity index (χ3v) is 5.18. The van der Waals surface area contributed by atoms with Crippen LogP contribution in [0.3, 0.4) is 0 Å². The van der Waals surface area contributed by atoms with Gasteiger partial charge in [0.1, 0.15) is 5.82 Å². The number of anilines is 2. The number of imidazole rings is 1. The summed E-state index contributed by atoms with van der Waals surface area (Å²) in [4.78, 5) is 33.1. The van der Waals surface area contributed by atoms with Gasteiger partial charge in [-0.15, -0.1) is 0 Å². The van der Waals surface area contributed by atoms with Crippen LogP contribution in [0.1, 0.15) is 19.4 Å². The molecule has 0 aliphatic carbocycles. The predicted molar refractivity (Wildman–Crippen MR) is 120 cm³/mol. The lowest BCUT2D eigenvalue weighted by Gasteiger charge is -2.08. The average Bonchev–Trinajstić information content (AvgIpc) is 3.34. The van der Waals surface area contributed by atoms with Gasteiger partial charge in [-0.05, 0) is 55.7 Å². The standard InChI is InChI=1S/C22H22N8O/c1-3-23-22(31)30-21-28-17-10-13(15-8-14-7-12(2)27-19(14)26-11-15)9-16(18(17)29-21)20-24-5-4-6-25-20/h4-6,8-12H,3,7H2,1-2H3,(H,26,27)(H3,23,28,29,30,31). The molecule has 4 aromatic rings. The van der Waals surface area contributed by atoms with Gasteiger partial charge in [0.15, 0.2) is 5.82 Å². The smallest absolute Gasteiger partial charge is 0.321 e. The summed E-state index contributed by atoms with van der Waals surface area (Å²) in [6.07, 6.45) is 6.21. The normalized spacial score (nSPS) is 14.8. The maximum Gasteiger partial charge on any atom is 0.321 e. The summed E-state index contributed by atoms with van der Waals surface area (Å²) in [6, 6.07) is 8.01. The first-order valence-electron chi connectivity index (χ1n) is 10.2. The Kier molecular flexibility index (Phi) is 4.70. The van der Waals surface area contributed by atoms with Crippen LogP contribution in [0.5, 0.6) is 0 Å². The number of pyridine rings is 1. The molecular formula is C22H22N8O. The first-order valence-corrected chi connectivity index (χ1v) is 10.2. The number of nitrogens with zero attached hydrogens (tertiary/aromatic N) is 4. The number of carbonyl (C=O) groups is 1. The van der Waals surface area contributed by atoms with Crippen molar-refractivity contribution in [3.05, 3.63) is 48.4 Å². The SMILES string of the molecule is CCNC(=O)Nc1nc2cc(-c3cnc4c(c3)CC(C)N4)cc(-c3ncccn3)c2[nH]1. The van der Waals surface area contributed by atoms with Gasteiger partial charge in [0, 0.05) is 42.3 Å². The van der Waals surface area contributed by atoms with Gasteiger partial charge in [-0.2, -0.15) is 0 Å². The second-order valence-corrected chi connectivity index (χ2v) is 7.54. The molecule has 31 heavy (non-hydrogen) atoms. The Balaban J connectivity index is 1.63. The number of amides is 2. The molecule has 156 valence electrons. The highest BCUT2D eigenvalue weighted by atomic mass is 16.2. The van der Waals surface area contributed by atoms with Gasteiger partial charge >= 0.3 is 6.03 Å². The monoisotopic (exact) mass is 414 g/mol. The molecule has 0 bridgehead atoms. The maximum absolute atomic E-state index is 11.9. The van der Waals surface area contributed by atoms with Crippen LogP contribution in [0.2, 0.25) is 0 Å². The van der Waals surface area contributed by atoms with Gasteiger partial charge in [-0.3, -0.25) is 5.32 Å². The van der Waals surface area contributed by atoms with Crippen LogP contribution in [-0.4, -0.2) is 43.5 Å². The Morgan fingerprint density at radius 1 is 1.16 bits per heavy atom. The largest absolute Gasteiger partial charge is 0.367 e. The third kappa shape index (κ3) is 3.65. The van der Waals surface area contributed by atoms with Crippen molar-refractivity contribution in [3.63, 3.8) is 0 Å². The molecule has 1 aliphatic rings. The fraction of sp³-hybridized carbons (Fsp3) is 0.227. The number of urea groups is 1. The number of rotatable bonds is 4. The van der Waals surface area contributed by atoms with Gasteiger partial charge in [-0.1, -0.05) is 0 Å². The zero-order valence-electron chi connectivity index (χ0n) is 17.2. The summed E-state index contributed by atoms with van der Waals surface area (Å²) < 4.78 is 0. The van der Waals surface area contributed by atoms with Crippen LogP contribution in [-0.2, 0) is 6.42 Å². The van der Waals surface area contributed by atoms with E-state index in [9.17, 15) is 4.79 Å². The topological polar surface area (TPSA) is 121 Å². The molecule has 0 saturated carbocycles. The number of H-pyrrole nitrogens is 1. The summed E-state index contributed by atoms with van der Waals surface area (Å²) in [5.74, 6) is 1.88. The minimum absolute atomic E-state index is 0.316. The minimum Gasteiger partial charge on any atom is -0.367 e. The van der Waals surface area contributed by atoms with Crippen LogP contribution in [0.25, 0.3) is 33.5 Å². The average molecular weight is 414 g/mol. The second kappa shape index (κ2) is 7.67. The molecule has 1 unspecified atom stereocenters. The molecule has 0 spiro atoms. The molecule has 3 aromatic heterocycles. The van der Waals surface area contributed by atoms with Gasteiger partial charge in [0.25, 0.3) is 0 Å². The Hall–Kier alpha value is -4.01. The number of hydrogen-bond donors (Lipinski definition) is 4. The van der Waals surface area contributed by atoms with E-state index in [-0.39, 0.29) is 6.03 Å². The van der Waals surface area contributed by atoms with Crippen LogP contribution < -0.4 is 16.0 Å². The molecule has 2 amide bonds. The lowest BCUT2D eigenvalue weighted by atomic mass is 10.0. The van der Waals surface area contributed by atoms with E-state index in [0.717, 1.165) is 34.4 Å². The minimum atomic E-state index is -0.316. The molecule has 0 fully saturated rings. The quantitative estimate of drug-likeness (QED) is 0.405. The first-order chi connectivity index (χ1) is 15.1. The molecule has 4 N–H and O–H groups in total. The number of nitrogens with one attached hydrogen (secondary N) is 4. The maximum atomic E-state index is 11.9. The molecule has 1 aromatic carbocycles. The zero-order valence-corrected chi connectivity index (χ0v) is 17.2. The number of aromatic nitrogens is 5. The zero-order chi connectivity index (χ0) is 21.4. The van der Waals surface area contributed by atoms with Gasteiger partial charge in [0.2, 0.25) is 5.95 Å². The van der Waals surface area contributed by atoms with Crippen LogP contribution >= 0.6 is 0 Å². The number of carbonyl (C=O) groups excluding carboxylic acids is 1. The fourth-order valence-electron chi connectivity index (χ4n) is 3.83. The molecule has 1 atom stereocenters. The highest BCUT2D eigenvalue weighted by molar-refractivity contribution is 5.97. The molecule has 5 rings (SSSR count). The summed E-state index contributed by atoms with van der Waals surface area (Å²) in [5, 5.41) is 8.81. The van der Waals surface area contributed by atoms with E-state index in [0.29, 0.717) is 29.9 Å². The van der Waals surface area contributed by atoms with Crippen molar-refractivity contribution in [2.75, 3.05) is 17.2 Å². The van der Waals surface area contributed by atoms with E-state index in [1.54, 1.807) is 18.5 Å². The van der Waals surface area contributed by atoms with Crippen LogP contribution in [0.4, 0.5) is 16.6 Å². The number of aromatic amines is 1. The molecule has 0 saturated heterocycles. The first kappa shape index (κ1) is 19.0. The summed E-state index contributed by atoms with van der Waals surface area (Å²) >= 11 is 0. The Labute approximate surface area is 178 Å². The van der Waals surface area contributed by atoms with Crippen molar-refractivity contribution in [2.45, 2.75) is 26.3 Å². The van der Waals surface area contributed by atoms with E-state index < -0.39 is 0 Å². The van der Waals surface area contributed by atoms with Crippen molar-refractivity contribution >= 4 is 28.8 Å². The summed E-state index contributed by atoms with van der Waals surface area (Å²) in [5.41, 5.74) is 5.42. The Morgan fingerprint density at radius 3 is 2.81 bits per heavy atom. The van der Waals surface area contributed by atoms with E-state index in [1.165, 1.54) is 5.56 Å². The summed E-state index contributed by atoms with van der Waals surface area (Å²) in [7, 11) is 0. The predicted octanol–water partition coefficient (Wildman–Crippen LogP) is 3.58. The van der Waals surface area contributed by atoms with Crippen molar-refractivity contribution in [1.82, 2.24) is 30.2 Å². The second-order valence-electron chi connectivity index (χ2n) is 7.54. The molecule has 4 heterocycles. The van der Waals surface area contributed by atoms with Crippen LogP contribution in [0.15, 0.2) is 42.9 Å². The highest BCUT2D eigenvalue weighted by Crippen LogP contribution is 2.34. The summed E-state index contributed by atoms with van der Waals surface area (Å²) in [6.45, 7) is 4.53. The molecule has 9 nitrogen and oxygen atoms in total. The van der Waals surface area contributed by atoms with Crippen molar-refractivity contribution in [3.8, 4) is 22.5 Å². The lowest BCUT2D eigenvalue weighted by Crippen LogP contribution is -2.28. The van der Waals surface area contributed by atoms with Crippen LogP contribution in [0, 0.1) is 0 Å². The van der Waals surface area contributed by atoms with E-state index in [2.05, 4.69) is 53.9 Å². The van der Waals surface area contributed by atoms with Crippen molar-refractivity contribution in [2.24, 2.45) is 0 Å². The van der Waals surface area contributed by atoms with Gasteiger partial charge in [-0.25, -0.2) is 24.7 Å². The van der Waals surface area contributed by atoms with E-state index in [1.807, 2.05) is 25.3 Å². The Bertz CT molecular complexity index is 1270. The van der Waals surface area contributed by atoms with Gasteiger partial charge < -0.3 is 15.6 Å². The number of benzene rings is 1. The molecule has 0 radical (unpaired) electrons. The van der Waals surface area contributed by atoms with Crippen molar-refractivity contribution in [1.29, 1.82) is 0 Å². The molecule has 9 heteroatoms. The molecule has 1 aliphatic heterocycles. The Morgan fingerprint density at radius 2 is 2.00 bits per heavy atom. The van der Waals surface area contributed by atoms with Gasteiger partial charge in [0.05, 0.1) is 11.0 Å². The highest BCUT2D eigenvalue weighted by Gasteiger charge is 2.20. The van der Waals surface area contributed by atoms with Crippen molar-refractivity contribution < 1.29 is 4.79 Å². The lowest BCUT2D eigenvalue weighted by molar-refractivity contribution is 0.252. The number of fused-ring (bicyclic) bond motifs is 2.